The van der Waals surface area contributed by atoms with Gasteiger partial charge in [0, 0.05) is 11.3 Å². The maximum absolute atomic E-state index is 13.2. The van der Waals surface area contributed by atoms with E-state index in [1.807, 2.05) is 0 Å². The van der Waals surface area contributed by atoms with Crippen LogP contribution in [0.1, 0.15) is 39.5 Å². The zero-order chi connectivity index (χ0) is 19.2. The van der Waals surface area contributed by atoms with E-state index in [-0.39, 0.29) is 36.4 Å². The topological polar surface area (TPSA) is 118 Å². The first kappa shape index (κ1) is 18.6. The molecule has 6 nitrogen and oxygen atoms in total. The van der Waals surface area contributed by atoms with Crippen LogP contribution in [0.15, 0.2) is 12.2 Å². The Balaban J connectivity index is 1.96. The number of hydrogen-bond donors (Lipinski definition) is 5. The van der Waals surface area contributed by atoms with E-state index in [4.69, 9.17) is 0 Å². The molecule has 0 aromatic rings. The lowest BCUT2D eigenvalue weighted by molar-refractivity contribution is -0.276. The van der Waals surface area contributed by atoms with E-state index in [2.05, 4.69) is 20.4 Å². The van der Waals surface area contributed by atoms with Gasteiger partial charge in [0.25, 0.3) is 0 Å². The summed E-state index contributed by atoms with van der Waals surface area (Å²) in [5, 5.41) is 54.4. The van der Waals surface area contributed by atoms with Gasteiger partial charge in [-0.15, -0.1) is 0 Å². The van der Waals surface area contributed by atoms with E-state index in [1.165, 1.54) is 0 Å². The van der Waals surface area contributed by atoms with Crippen LogP contribution in [0.5, 0.6) is 0 Å². The van der Waals surface area contributed by atoms with E-state index in [9.17, 15) is 30.3 Å². The average Bonchev–Trinajstić information content (AvgIpc) is 2.71. The Morgan fingerprint density at radius 3 is 2.35 bits per heavy atom. The molecule has 26 heavy (non-hydrogen) atoms. The van der Waals surface area contributed by atoms with Crippen LogP contribution in [0.4, 0.5) is 0 Å². The highest BCUT2D eigenvalue weighted by molar-refractivity contribution is 6.04. The first-order chi connectivity index (χ1) is 12.1. The van der Waals surface area contributed by atoms with Crippen molar-refractivity contribution >= 4 is 5.78 Å². The second-order valence-electron chi connectivity index (χ2n) is 9.73. The zero-order valence-electron chi connectivity index (χ0n) is 15.4. The number of rotatable bonds is 1. The van der Waals surface area contributed by atoms with E-state index >= 15 is 0 Å². The van der Waals surface area contributed by atoms with Gasteiger partial charge < -0.3 is 25.5 Å². The number of Topliss-reactive ketones (excluding diaryl/α,β-unsaturated/α-hetero) is 1. The van der Waals surface area contributed by atoms with Crippen LogP contribution < -0.4 is 0 Å². The van der Waals surface area contributed by atoms with E-state index in [0.717, 1.165) is 6.42 Å². The molecule has 1 spiro atoms. The third kappa shape index (κ3) is 1.78. The predicted octanol–water partition coefficient (Wildman–Crippen LogP) is 0.01000. The molecule has 4 saturated carbocycles. The van der Waals surface area contributed by atoms with Gasteiger partial charge in [0.15, 0.2) is 5.78 Å². The molecule has 4 aliphatic rings. The van der Waals surface area contributed by atoms with E-state index in [1.54, 1.807) is 0 Å². The van der Waals surface area contributed by atoms with Crippen molar-refractivity contribution in [3.05, 3.63) is 12.2 Å². The fourth-order valence-electron chi connectivity index (χ4n) is 7.36. The smallest absolute Gasteiger partial charge is 0.170 e. The standard InChI is InChI=1S/C20H30O6/c1-9-15-10(22)6-12-19(8-21)11(18(2,3)5-4-13(19)23)7-14(24)20(12,16(9)25)17(15)26/h10-15,17,21-24,26H,1,4-8H2,2-3H3/t10-,11+,12-,13-,14+,15+,17+,19+,20-/m0/s1. The molecule has 9 atom stereocenters. The quantitative estimate of drug-likeness (QED) is 0.417. The molecule has 6 heteroatoms. The minimum absolute atomic E-state index is 0.155. The maximum atomic E-state index is 13.2. The Kier molecular flexibility index (Phi) is 3.85. The van der Waals surface area contributed by atoms with Gasteiger partial charge in [-0.1, -0.05) is 20.4 Å². The number of carbonyl (C=O) groups excluding carboxylic acids is 1. The highest BCUT2D eigenvalue weighted by Gasteiger charge is 2.77. The average molecular weight is 366 g/mol. The summed E-state index contributed by atoms with van der Waals surface area (Å²) in [5.74, 6) is -2.11. The van der Waals surface area contributed by atoms with Gasteiger partial charge in [-0.05, 0) is 48.5 Å². The summed E-state index contributed by atoms with van der Waals surface area (Å²) in [7, 11) is 0. The highest BCUT2D eigenvalue weighted by Crippen LogP contribution is 2.70. The van der Waals surface area contributed by atoms with E-state index < -0.39 is 52.9 Å². The number of ketones is 1. The summed E-state index contributed by atoms with van der Waals surface area (Å²) >= 11 is 0. The molecule has 0 aliphatic heterocycles. The summed E-state index contributed by atoms with van der Waals surface area (Å²) in [6.07, 6.45) is -2.52. The maximum Gasteiger partial charge on any atom is 0.170 e. The van der Waals surface area contributed by atoms with Crippen molar-refractivity contribution < 1.29 is 30.3 Å². The predicted molar refractivity (Wildman–Crippen MR) is 92.8 cm³/mol. The molecule has 0 heterocycles. The number of aliphatic hydroxyl groups is 5. The van der Waals surface area contributed by atoms with Crippen LogP contribution in [-0.2, 0) is 4.79 Å². The lowest BCUT2D eigenvalue weighted by Crippen LogP contribution is -2.72. The van der Waals surface area contributed by atoms with Gasteiger partial charge in [0.1, 0.15) is 0 Å². The summed E-state index contributed by atoms with van der Waals surface area (Å²) in [5.41, 5.74) is -2.61. The van der Waals surface area contributed by atoms with Gasteiger partial charge in [0.2, 0.25) is 0 Å². The van der Waals surface area contributed by atoms with Crippen LogP contribution in [-0.4, -0.2) is 62.3 Å². The van der Waals surface area contributed by atoms with Crippen molar-refractivity contribution in [2.45, 2.75) is 63.9 Å². The molecule has 0 unspecified atom stereocenters. The molecule has 0 aromatic heterocycles. The lowest BCUT2D eigenvalue weighted by atomic mass is 9.38. The van der Waals surface area contributed by atoms with Crippen molar-refractivity contribution in [1.82, 2.24) is 0 Å². The third-order valence-corrected chi connectivity index (χ3v) is 8.59. The van der Waals surface area contributed by atoms with Gasteiger partial charge in [-0.2, -0.15) is 0 Å². The van der Waals surface area contributed by atoms with Crippen LogP contribution >= 0.6 is 0 Å². The van der Waals surface area contributed by atoms with Crippen molar-refractivity contribution in [3.63, 3.8) is 0 Å². The minimum atomic E-state index is -1.49. The molecule has 146 valence electrons. The fraction of sp³-hybridized carbons (Fsp3) is 0.850. The third-order valence-electron chi connectivity index (χ3n) is 8.59. The second kappa shape index (κ2) is 5.39. The number of hydrogen-bond acceptors (Lipinski definition) is 6. The Bertz CT molecular complexity index is 659. The first-order valence-electron chi connectivity index (χ1n) is 9.63. The summed E-state index contributed by atoms with van der Waals surface area (Å²) in [6.45, 7) is 7.58. The van der Waals surface area contributed by atoms with Crippen molar-refractivity contribution in [2.75, 3.05) is 6.61 Å². The number of carbonyl (C=O) groups is 1. The van der Waals surface area contributed by atoms with Gasteiger partial charge in [-0.25, -0.2) is 0 Å². The number of fused-ring (bicyclic) bond motifs is 3. The van der Waals surface area contributed by atoms with Crippen LogP contribution in [0.3, 0.4) is 0 Å². The highest BCUT2D eigenvalue weighted by atomic mass is 16.3. The molecular weight excluding hydrogens is 336 g/mol. The Morgan fingerprint density at radius 2 is 1.73 bits per heavy atom. The van der Waals surface area contributed by atoms with Crippen molar-refractivity contribution in [3.8, 4) is 0 Å². The Morgan fingerprint density at radius 1 is 1.08 bits per heavy atom. The van der Waals surface area contributed by atoms with Crippen LogP contribution in [0.2, 0.25) is 0 Å². The Hall–Kier alpha value is -0.790. The first-order valence-corrected chi connectivity index (χ1v) is 9.63. The minimum Gasteiger partial charge on any atom is -0.396 e. The molecule has 4 fully saturated rings. The molecule has 0 radical (unpaired) electrons. The normalized spacial score (nSPS) is 55.4. The van der Waals surface area contributed by atoms with Crippen molar-refractivity contribution in [2.24, 2.45) is 34.0 Å². The SMILES string of the molecule is C=C1C(=O)[C@@]23[C@H](O)C[C@@H]4C(C)(C)CC[C@H](O)[C@@]4(CO)[C@@H]2C[C@H](O)[C@@H]1[C@H]3O. The molecule has 4 rings (SSSR count). The molecule has 0 aromatic carbocycles. The van der Waals surface area contributed by atoms with Crippen molar-refractivity contribution in [1.29, 1.82) is 0 Å². The summed E-state index contributed by atoms with van der Waals surface area (Å²) in [4.78, 5) is 13.2. The molecule has 2 bridgehead atoms. The molecule has 0 amide bonds. The lowest BCUT2D eigenvalue weighted by Gasteiger charge is -2.67. The van der Waals surface area contributed by atoms with Gasteiger partial charge >= 0.3 is 0 Å². The molecule has 0 saturated heterocycles. The number of aliphatic hydroxyl groups excluding tert-OH is 5. The fourth-order valence-corrected chi connectivity index (χ4v) is 7.36. The Labute approximate surface area is 153 Å². The molecular formula is C20H30O6. The second-order valence-corrected chi connectivity index (χ2v) is 9.73. The summed E-state index contributed by atoms with van der Waals surface area (Å²) < 4.78 is 0. The van der Waals surface area contributed by atoms with Crippen LogP contribution in [0.25, 0.3) is 0 Å². The van der Waals surface area contributed by atoms with Gasteiger partial charge in [-0.3, -0.25) is 4.79 Å². The van der Waals surface area contributed by atoms with Crippen LogP contribution in [0, 0.1) is 34.0 Å². The van der Waals surface area contributed by atoms with E-state index in [0.29, 0.717) is 6.42 Å². The largest absolute Gasteiger partial charge is 0.396 e. The monoisotopic (exact) mass is 366 g/mol. The molecule has 5 N–H and O–H groups in total. The zero-order valence-corrected chi connectivity index (χ0v) is 15.4. The van der Waals surface area contributed by atoms with Gasteiger partial charge in [0.05, 0.1) is 36.4 Å². The summed E-state index contributed by atoms with van der Waals surface area (Å²) in [6, 6.07) is 0. The molecule has 4 aliphatic carbocycles.